The lowest BCUT2D eigenvalue weighted by atomic mass is 9.88. The predicted octanol–water partition coefficient (Wildman–Crippen LogP) is 6.23. The van der Waals surface area contributed by atoms with Crippen molar-refractivity contribution in [2.75, 3.05) is 11.5 Å². The van der Waals surface area contributed by atoms with E-state index in [0.717, 1.165) is 57.6 Å². The molecular formula is C27H34ClN3O. The number of hydrogen-bond donors (Lipinski definition) is 4. The lowest BCUT2D eigenvalue weighted by Crippen LogP contribution is -2.09. The van der Waals surface area contributed by atoms with E-state index in [1.54, 1.807) is 0 Å². The van der Waals surface area contributed by atoms with E-state index in [1.807, 2.05) is 62.4 Å². The molecule has 0 aromatic heterocycles. The summed E-state index contributed by atoms with van der Waals surface area (Å²) in [6, 6.07) is 14.0. The Balaban J connectivity index is 0.000000388. The van der Waals surface area contributed by atoms with Crippen LogP contribution in [-0.4, -0.2) is 16.9 Å². The van der Waals surface area contributed by atoms with Gasteiger partial charge in [-0.1, -0.05) is 43.5 Å². The number of aliphatic hydroxyl groups is 1. The second-order valence-corrected chi connectivity index (χ2v) is 8.39. The Morgan fingerprint density at radius 2 is 1.53 bits per heavy atom. The summed E-state index contributed by atoms with van der Waals surface area (Å²) in [4.78, 5) is 0. The first-order chi connectivity index (χ1) is 14.8. The van der Waals surface area contributed by atoms with E-state index in [9.17, 15) is 0 Å². The maximum atomic E-state index is 8.91. The third-order valence-corrected chi connectivity index (χ3v) is 5.85. The van der Waals surface area contributed by atoms with Crippen LogP contribution in [0, 0.1) is 12.3 Å². The molecule has 2 aliphatic rings. The second-order valence-electron chi connectivity index (χ2n) is 8.39. The standard InChI is InChI=1S/C21H21N3.C6H12O.ClH/c1-13-11-16(5-9-19(13)23)21(15-3-7-18(22)8-4-15)17-6-10-20(24)14(2)12-17;7-6-4-2-1-3-5-6;/h3-12,23H,22,24H2,1-2H3;6-7H,1-5H2;1H/b21-16+,23-19?;;. The van der Waals surface area contributed by atoms with Crippen LogP contribution in [0.2, 0.25) is 0 Å². The van der Waals surface area contributed by atoms with Crippen molar-refractivity contribution in [2.24, 2.45) is 0 Å². The molecular weight excluding hydrogens is 418 g/mol. The molecule has 0 aliphatic heterocycles. The van der Waals surface area contributed by atoms with Crippen LogP contribution in [0.1, 0.15) is 55.7 Å². The van der Waals surface area contributed by atoms with Gasteiger partial charge in [0.25, 0.3) is 0 Å². The van der Waals surface area contributed by atoms with Crippen LogP contribution in [-0.2, 0) is 0 Å². The molecule has 5 heteroatoms. The van der Waals surface area contributed by atoms with Gasteiger partial charge in [0.15, 0.2) is 0 Å². The molecule has 2 aromatic rings. The number of halogens is 1. The summed E-state index contributed by atoms with van der Waals surface area (Å²) in [6.07, 6.45) is 11.8. The van der Waals surface area contributed by atoms with Gasteiger partial charge in [-0.15, -0.1) is 12.4 Å². The Labute approximate surface area is 197 Å². The molecule has 4 nitrogen and oxygen atoms in total. The lowest BCUT2D eigenvalue weighted by molar-refractivity contribution is 0.130. The van der Waals surface area contributed by atoms with Crippen LogP contribution in [0.4, 0.5) is 11.4 Å². The van der Waals surface area contributed by atoms with Crippen LogP contribution in [0.15, 0.2) is 71.8 Å². The zero-order chi connectivity index (χ0) is 22.4. The molecule has 0 heterocycles. The number of hydrogen-bond acceptors (Lipinski definition) is 4. The lowest BCUT2D eigenvalue weighted by Gasteiger charge is -2.16. The van der Waals surface area contributed by atoms with Crippen molar-refractivity contribution < 1.29 is 5.11 Å². The predicted molar refractivity (Wildman–Crippen MR) is 139 cm³/mol. The third kappa shape index (κ3) is 6.59. The van der Waals surface area contributed by atoms with Gasteiger partial charge in [-0.2, -0.15) is 0 Å². The first kappa shape index (κ1) is 25.4. The smallest absolute Gasteiger partial charge is 0.0569 e. The molecule has 0 amide bonds. The van der Waals surface area contributed by atoms with Gasteiger partial charge < -0.3 is 22.0 Å². The Bertz CT molecular complexity index is 1030. The van der Waals surface area contributed by atoms with E-state index in [2.05, 4.69) is 12.1 Å². The van der Waals surface area contributed by atoms with Crippen molar-refractivity contribution in [3.8, 4) is 0 Å². The molecule has 170 valence electrons. The summed E-state index contributed by atoms with van der Waals surface area (Å²) in [5, 5.41) is 16.8. The number of nitrogens with two attached hydrogens (primary N) is 2. The van der Waals surface area contributed by atoms with E-state index in [-0.39, 0.29) is 18.5 Å². The zero-order valence-corrected chi connectivity index (χ0v) is 19.7. The van der Waals surface area contributed by atoms with Crippen LogP contribution < -0.4 is 11.5 Å². The number of aliphatic hydroxyl groups excluding tert-OH is 1. The van der Waals surface area contributed by atoms with Crippen LogP contribution in [0.5, 0.6) is 0 Å². The quantitative estimate of drug-likeness (QED) is 0.407. The molecule has 0 spiro atoms. The van der Waals surface area contributed by atoms with E-state index >= 15 is 0 Å². The van der Waals surface area contributed by atoms with Gasteiger partial charge in [0.05, 0.1) is 11.8 Å². The molecule has 0 saturated heterocycles. The average Bonchev–Trinajstić information content (AvgIpc) is 2.76. The molecule has 0 radical (unpaired) electrons. The van der Waals surface area contributed by atoms with Crippen molar-refractivity contribution in [3.63, 3.8) is 0 Å². The number of aryl methyl sites for hydroxylation is 1. The number of rotatable bonds is 2. The van der Waals surface area contributed by atoms with E-state index in [0.29, 0.717) is 5.71 Å². The summed E-state index contributed by atoms with van der Waals surface area (Å²) < 4.78 is 0. The van der Waals surface area contributed by atoms with E-state index in [1.165, 1.54) is 19.3 Å². The van der Waals surface area contributed by atoms with Gasteiger partial charge in [0.2, 0.25) is 0 Å². The Morgan fingerprint density at radius 3 is 2.06 bits per heavy atom. The van der Waals surface area contributed by atoms with Gasteiger partial charge in [-0.05, 0) is 96.5 Å². The number of anilines is 2. The number of benzene rings is 2. The fourth-order valence-electron chi connectivity index (χ4n) is 3.88. The van der Waals surface area contributed by atoms with Gasteiger partial charge >= 0.3 is 0 Å². The first-order valence-corrected chi connectivity index (χ1v) is 10.9. The van der Waals surface area contributed by atoms with Crippen molar-refractivity contribution >= 4 is 35.1 Å². The second kappa shape index (κ2) is 11.7. The van der Waals surface area contributed by atoms with Crippen LogP contribution >= 0.6 is 12.4 Å². The van der Waals surface area contributed by atoms with E-state index in [4.69, 9.17) is 22.0 Å². The summed E-state index contributed by atoms with van der Waals surface area (Å²) in [6.45, 7) is 3.97. The summed E-state index contributed by atoms with van der Waals surface area (Å²) >= 11 is 0. The highest BCUT2D eigenvalue weighted by Crippen LogP contribution is 2.32. The van der Waals surface area contributed by atoms with Crippen molar-refractivity contribution in [3.05, 3.63) is 88.5 Å². The highest BCUT2D eigenvalue weighted by Gasteiger charge is 2.13. The molecule has 1 saturated carbocycles. The number of allylic oxidation sites excluding steroid dienone is 5. The monoisotopic (exact) mass is 451 g/mol. The largest absolute Gasteiger partial charge is 0.399 e. The molecule has 1 fully saturated rings. The number of nitrogen functional groups attached to an aromatic ring is 2. The average molecular weight is 452 g/mol. The third-order valence-electron chi connectivity index (χ3n) is 5.85. The summed E-state index contributed by atoms with van der Waals surface area (Å²) in [5.41, 5.74) is 20.3. The molecule has 32 heavy (non-hydrogen) atoms. The fraction of sp³-hybridized carbons (Fsp3) is 0.296. The maximum Gasteiger partial charge on any atom is 0.0569 e. The summed E-state index contributed by atoms with van der Waals surface area (Å²) in [5.74, 6) is 0. The minimum atomic E-state index is 0. The molecule has 0 bridgehead atoms. The highest BCUT2D eigenvalue weighted by molar-refractivity contribution is 6.08. The van der Waals surface area contributed by atoms with Crippen molar-refractivity contribution in [1.82, 2.24) is 0 Å². The molecule has 2 aliphatic carbocycles. The Kier molecular flexibility index (Phi) is 9.30. The van der Waals surface area contributed by atoms with Gasteiger partial charge in [-0.25, -0.2) is 0 Å². The summed E-state index contributed by atoms with van der Waals surface area (Å²) in [7, 11) is 0. The SMILES string of the molecule is CC1=C/C(=C(\c2ccc(N)cc2)c2ccc(N)c(C)c2)C=CC1=N.Cl.OC1CCCCC1. The highest BCUT2D eigenvalue weighted by atomic mass is 35.5. The van der Waals surface area contributed by atoms with E-state index < -0.39 is 0 Å². The molecule has 0 unspecified atom stereocenters. The Morgan fingerprint density at radius 1 is 0.906 bits per heavy atom. The first-order valence-electron chi connectivity index (χ1n) is 10.9. The fourth-order valence-corrected chi connectivity index (χ4v) is 3.88. The zero-order valence-electron chi connectivity index (χ0n) is 18.9. The van der Waals surface area contributed by atoms with Crippen LogP contribution in [0.3, 0.4) is 0 Å². The minimum absolute atomic E-state index is 0. The normalized spacial score (nSPS) is 17.6. The van der Waals surface area contributed by atoms with Gasteiger partial charge in [0.1, 0.15) is 0 Å². The minimum Gasteiger partial charge on any atom is -0.399 e. The van der Waals surface area contributed by atoms with Crippen molar-refractivity contribution in [1.29, 1.82) is 5.41 Å². The molecule has 0 atom stereocenters. The molecule has 6 N–H and O–H groups in total. The van der Waals surface area contributed by atoms with Crippen LogP contribution in [0.25, 0.3) is 5.57 Å². The van der Waals surface area contributed by atoms with Crippen molar-refractivity contribution in [2.45, 2.75) is 52.1 Å². The topological polar surface area (TPSA) is 96.1 Å². The van der Waals surface area contributed by atoms with Gasteiger partial charge in [-0.3, -0.25) is 0 Å². The Hall–Kier alpha value is -2.82. The van der Waals surface area contributed by atoms with Gasteiger partial charge in [0, 0.05) is 11.4 Å². The molecule has 4 rings (SSSR count). The molecule has 2 aromatic carbocycles. The number of nitrogens with one attached hydrogen (secondary N) is 1. The maximum absolute atomic E-state index is 8.91.